The Morgan fingerprint density at radius 1 is 1.15 bits per heavy atom. The number of hydrogen-bond donors (Lipinski definition) is 1. The van der Waals surface area contributed by atoms with Gasteiger partial charge in [0.25, 0.3) is 0 Å². The Bertz CT molecular complexity index is 827. The fraction of sp³-hybridized carbons (Fsp3) is 0. The second-order valence-corrected chi connectivity index (χ2v) is 4.19. The number of imidazole rings is 1. The van der Waals surface area contributed by atoms with Crippen molar-refractivity contribution in [2.24, 2.45) is 0 Å². The Kier molecular flexibility index (Phi) is 2.71. The smallest absolute Gasteiger partial charge is 0.337 e. The summed E-state index contributed by atoms with van der Waals surface area (Å²) in [5, 5.41) is 9.20. The van der Waals surface area contributed by atoms with Crippen molar-refractivity contribution in [2.45, 2.75) is 0 Å². The minimum absolute atomic E-state index is 0.0460. The van der Waals surface area contributed by atoms with Crippen LogP contribution in [0.4, 0.5) is 8.78 Å². The zero-order valence-corrected chi connectivity index (χ0v) is 10.0. The number of para-hydroxylation sites is 1. The molecular weight excluding hydrogens is 266 g/mol. The average molecular weight is 274 g/mol. The van der Waals surface area contributed by atoms with Crippen LogP contribution in [-0.4, -0.2) is 20.6 Å². The number of carboxylic acid groups (broad SMARTS) is 1. The molecule has 20 heavy (non-hydrogen) atoms. The first kappa shape index (κ1) is 12.3. The summed E-state index contributed by atoms with van der Waals surface area (Å²) in [6, 6.07) is 8.00. The van der Waals surface area contributed by atoms with Crippen molar-refractivity contribution in [2.75, 3.05) is 0 Å². The van der Waals surface area contributed by atoms with Gasteiger partial charge in [-0.15, -0.1) is 0 Å². The third-order valence-electron chi connectivity index (χ3n) is 2.98. The van der Waals surface area contributed by atoms with Gasteiger partial charge in [-0.05, 0) is 24.3 Å². The molecule has 1 N–H and O–H groups in total. The van der Waals surface area contributed by atoms with E-state index in [0.29, 0.717) is 16.7 Å². The molecule has 1 aromatic heterocycles. The van der Waals surface area contributed by atoms with Gasteiger partial charge in [0.2, 0.25) is 0 Å². The highest BCUT2D eigenvalue weighted by atomic mass is 19.2. The molecule has 0 saturated heterocycles. The molecule has 0 aliphatic rings. The Balaban J connectivity index is 2.31. The normalized spacial score (nSPS) is 10.9. The number of fused-ring (bicyclic) bond motifs is 1. The van der Waals surface area contributed by atoms with E-state index in [9.17, 15) is 18.7 Å². The largest absolute Gasteiger partial charge is 0.478 e. The first-order valence-electron chi connectivity index (χ1n) is 5.72. The lowest BCUT2D eigenvalue weighted by atomic mass is 10.1. The van der Waals surface area contributed by atoms with Crippen molar-refractivity contribution in [1.29, 1.82) is 0 Å². The van der Waals surface area contributed by atoms with Gasteiger partial charge >= 0.3 is 5.97 Å². The van der Waals surface area contributed by atoms with Crippen molar-refractivity contribution in [3.8, 4) is 5.69 Å². The molecule has 6 heteroatoms. The van der Waals surface area contributed by atoms with Gasteiger partial charge in [-0.3, -0.25) is 4.57 Å². The number of carbonyl (C=O) groups is 1. The van der Waals surface area contributed by atoms with Gasteiger partial charge in [-0.25, -0.2) is 18.6 Å². The summed E-state index contributed by atoms with van der Waals surface area (Å²) in [5.41, 5.74) is 1.16. The van der Waals surface area contributed by atoms with Crippen LogP contribution in [0.25, 0.3) is 16.7 Å². The van der Waals surface area contributed by atoms with Crippen LogP contribution in [0.3, 0.4) is 0 Å². The van der Waals surface area contributed by atoms with Crippen LogP contribution in [0, 0.1) is 11.6 Å². The lowest BCUT2D eigenvalue weighted by molar-refractivity contribution is 0.0698. The van der Waals surface area contributed by atoms with Gasteiger partial charge in [-0.2, -0.15) is 0 Å². The lowest BCUT2D eigenvalue weighted by Gasteiger charge is -2.06. The molecule has 0 fully saturated rings. The molecule has 100 valence electrons. The van der Waals surface area contributed by atoms with E-state index >= 15 is 0 Å². The summed E-state index contributed by atoms with van der Waals surface area (Å²) < 4.78 is 27.7. The molecule has 0 radical (unpaired) electrons. The second kappa shape index (κ2) is 4.41. The van der Waals surface area contributed by atoms with E-state index in [2.05, 4.69) is 4.98 Å². The molecule has 4 nitrogen and oxygen atoms in total. The molecule has 3 aromatic rings. The molecule has 0 amide bonds. The molecule has 0 aliphatic heterocycles. The monoisotopic (exact) mass is 274 g/mol. The molecule has 3 rings (SSSR count). The highest BCUT2D eigenvalue weighted by Gasteiger charge is 2.15. The SMILES string of the molecule is O=C(O)c1cccc2ncn(-c3ccc(F)c(F)c3)c12. The fourth-order valence-corrected chi connectivity index (χ4v) is 2.07. The third-order valence-corrected chi connectivity index (χ3v) is 2.98. The van der Waals surface area contributed by atoms with Crippen molar-refractivity contribution >= 4 is 17.0 Å². The van der Waals surface area contributed by atoms with Gasteiger partial charge in [0.15, 0.2) is 11.6 Å². The summed E-state index contributed by atoms with van der Waals surface area (Å²) in [7, 11) is 0. The van der Waals surface area contributed by atoms with E-state index in [1.54, 1.807) is 12.1 Å². The van der Waals surface area contributed by atoms with Crippen LogP contribution >= 0.6 is 0 Å². The van der Waals surface area contributed by atoms with Gasteiger partial charge in [-0.1, -0.05) is 6.07 Å². The fourth-order valence-electron chi connectivity index (χ4n) is 2.07. The summed E-state index contributed by atoms with van der Waals surface area (Å²) in [5.74, 6) is -3.08. The van der Waals surface area contributed by atoms with Crippen LogP contribution in [0.1, 0.15) is 10.4 Å². The van der Waals surface area contributed by atoms with E-state index < -0.39 is 17.6 Å². The molecule has 0 aliphatic carbocycles. The summed E-state index contributed by atoms with van der Waals surface area (Å²) in [6.07, 6.45) is 1.38. The molecule has 0 bridgehead atoms. The first-order chi connectivity index (χ1) is 9.58. The maximum absolute atomic E-state index is 13.3. The van der Waals surface area contributed by atoms with Crippen molar-refractivity contribution in [3.05, 3.63) is 59.9 Å². The van der Waals surface area contributed by atoms with E-state index in [-0.39, 0.29) is 5.56 Å². The number of carboxylic acids is 1. The Morgan fingerprint density at radius 2 is 1.95 bits per heavy atom. The van der Waals surface area contributed by atoms with Crippen LogP contribution in [0.2, 0.25) is 0 Å². The molecule has 0 unspecified atom stereocenters. The van der Waals surface area contributed by atoms with Gasteiger partial charge in [0.1, 0.15) is 6.33 Å². The van der Waals surface area contributed by atoms with Gasteiger partial charge in [0, 0.05) is 6.07 Å². The third kappa shape index (κ3) is 1.82. The number of rotatable bonds is 2. The molecule has 0 saturated carbocycles. The predicted molar refractivity (Wildman–Crippen MR) is 67.9 cm³/mol. The number of halogens is 2. The maximum Gasteiger partial charge on any atom is 0.337 e. The standard InChI is InChI=1S/C14H8F2N2O2/c15-10-5-4-8(6-11(10)16)18-7-17-12-3-1-2-9(13(12)18)14(19)20/h1-7H,(H,19,20). The van der Waals surface area contributed by atoms with E-state index in [1.165, 1.54) is 23.0 Å². The molecule has 2 aromatic carbocycles. The lowest BCUT2D eigenvalue weighted by Crippen LogP contribution is -2.02. The summed E-state index contributed by atoms with van der Waals surface area (Å²) in [6.45, 7) is 0. The highest BCUT2D eigenvalue weighted by Crippen LogP contribution is 2.23. The minimum atomic E-state index is -1.11. The topological polar surface area (TPSA) is 55.1 Å². The highest BCUT2D eigenvalue weighted by molar-refractivity contribution is 6.01. The first-order valence-corrected chi connectivity index (χ1v) is 5.72. The van der Waals surface area contributed by atoms with Crippen molar-refractivity contribution in [1.82, 2.24) is 9.55 Å². The zero-order valence-electron chi connectivity index (χ0n) is 10.0. The number of aromatic carboxylic acids is 1. The van der Waals surface area contributed by atoms with E-state index in [0.717, 1.165) is 12.1 Å². The van der Waals surface area contributed by atoms with E-state index in [1.807, 2.05) is 0 Å². The molecule has 1 heterocycles. The van der Waals surface area contributed by atoms with E-state index in [4.69, 9.17) is 0 Å². The van der Waals surface area contributed by atoms with Crippen molar-refractivity contribution < 1.29 is 18.7 Å². The summed E-state index contributed by atoms with van der Waals surface area (Å²) in [4.78, 5) is 15.3. The Morgan fingerprint density at radius 3 is 2.65 bits per heavy atom. The quantitative estimate of drug-likeness (QED) is 0.781. The van der Waals surface area contributed by atoms with Gasteiger partial charge < -0.3 is 5.11 Å². The van der Waals surface area contributed by atoms with Gasteiger partial charge in [0.05, 0.1) is 22.3 Å². The maximum atomic E-state index is 13.3. The number of benzene rings is 2. The van der Waals surface area contributed by atoms with Crippen LogP contribution in [-0.2, 0) is 0 Å². The second-order valence-electron chi connectivity index (χ2n) is 4.19. The molecular formula is C14H8F2N2O2. The number of nitrogens with zero attached hydrogens (tertiary/aromatic N) is 2. The summed E-state index contributed by atoms with van der Waals surface area (Å²) >= 11 is 0. The molecule has 0 spiro atoms. The molecule has 0 atom stereocenters. The average Bonchev–Trinajstić information content (AvgIpc) is 2.85. The predicted octanol–water partition coefficient (Wildman–Crippen LogP) is 3.00. The zero-order chi connectivity index (χ0) is 14.3. The Labute approximate surface area is 111 Å². The van der Waals surface area contributed by atoms with Crippen LogP contribution in [0.5, 0.6) is 0 Å². The number of hydrogen-bond acceptors (Lipinski definition) is 2. The van der Waals surface area contributed by atoms with Crippen LogP contribution in [0.15, 0.2) is 42.7 Å². The van der Waals surface area contributed by atoms with Crippen molar-refractivity contribution in [3.63, 3.8) is 0 Å². The number of aromatic nitrogens is 2. The minimum Gasteiger partial charge on any atom is -0.478 e. The van der Waals surface area contributed by atoms with Crippen LogP contribution < -0.4 is 0 Å². The Hall–Kier alpha value is -2.76.